The minimum Gasteiger partial charge on any atom is -0.454 e. The number of unbranched alkanes of at least 4 members (excludes halogenated alkanes) is 27. The summed E-state index contributed by atoms with van der Waals surface area (Å²) < 4.78 is 17.5. The van der Waals surface area contributed by atoms with E-state index >= 15 is 0 Å². The number of aliphatic hydroxyl groups is 5. The molecule has 1 aliphatic heterocycles. The van der Waals surface area contributed by atoms with Gasteiger partial charge in [0.15, 0.2) is 12.4 Å². The van der Waals surface area contributed by atoms with E-state index in [2.05, 4.69) is 38.2 Å². The van der Waals surface area contributed by atoms with Crippen molar-refractivity contribution in [2.24, 2.45) is 0 Å². The molecule has 1 aliphatic rings. The summed E-state index contributed by atoms with van der Waals surface area (Å²) in [6.07, 6.45) is 41.6. The van der Waals surface area contributed by atoms with Crippen LogP contribution in [-0.2, 0) is 23.8 Å². The Hall–Kier alpha value is -2.38. The third kappa shape index (κ3) is 33.7. The molecule has 0 aromatic rings. The van der Waals surface area contributed by atoms with Gasteiger partial charge in [-0.3, -0.25) is 9.59 Å². The zero-order valence-electron chi connectivity index (χ0n) is 42.8. The van der Waals surface area contributed by atoms with Crippen LogP contribution in [0.2, 0.25) is 0 Å². The van der Waals surface area contributed by atoms with E-state index in [1.54, 1.807) is 6.08 Å². The maximum atomic E-state index is 13.3. The van der Waals surface area contributed by atoms with Crippen molar-refractivity contribution in [1.82, 2.24) is 5.32 Å². The second-order valence-corrected chi connectivity index (χ2v) is 19.0. The molecule has 1 amide bonds. The molecule has 0 spiro atoms. The molecule has 390 valence electrons. The Balaban J connectivity index is 2.77. The summed E-state index contributed by atoms with van der Waals surface area (Å²) in [7, 11) is 0. The summed E-state index contributed by atoms with van der Waals surface area (Å²) in [5.74, 6) is -1.21. The molecular formula is C56H101NO10. The quantitative estimate of drug-likeness (QED) is 0.0149. The molecule has 0 aromatic heterocycles. The molecule has 0 bridgehead atoms. The van der Waals surface area contributed by atoms with Gasteiger partial charge in [0.25, 0.3) is 0 Å². The number of amides is 1. The number of carbonyl (C=O) groups excluding carboxylic acids is 2. The minimum absolute atomic E-state index is 0.123. The zero-order chi connectivity index (χ0) is 49.0. The molecule has 0 aliphatic carbocycles. The first-order valence-corrected chi connectivity index (χ1v) is 27.4. The van der Waals surface area contributed by atoms with Gasteiger partial charge in [0.05, 0.1) is 25.4 Å². The Morgan fingerprint density at radius 1 is 0.597 bits per heavy atom. The SMILES string of the molecule is CC/C=C/C=C/C=C\CCCCCCC(O)C(=O)NC(COC1OC(CO)C(O)C(O)C1OC(=O)CCCCCCCCCCCCCCCC)C(O)/C=C/CCCCCCCCCCCC. The van der Waals surface area contributed by atoms with Gasteiger partial charge in [-0.15, -0.1) is 0 Å². The van der Waals surface area contributed by atoms with Crippen molar-refractivity contribution in [2.45, 2.75) is 282 Å². The molecule has 11 heteroatoms. The van der Waals surface area contributed by atoms with Crippen LogP contribution in [0.3, 0.4) is 0 Å². The number of aliphatic hydroxyl groups excluding tert-OH is 5. The highest BCUT2D eigenvalue weighted by Crippen LogP contribution is 2.26. The fraction of sp³-hybridized carbons (Fsp3) is 0.821. The van der Waals surface area contributed by atoms with Crippen LogP contribution in [0, 0.1) is 0 Å². The van der Waals surface area contributed by atoms with Gasteiger partial charge in [-0.1, -0.05) is 230 Å². The maximum Gasteiger partial charge on any atom is 0.306 e. The molecule has 8 atom stereocenters. The molecule has 11 nitrogen and oxygen atoms in total. The number of rotatable bonds is 45. The lowest BCUT2D eigenvalue weighted by atomic mass is 9.99. The first-order valence-electron chi connectivity index (χ1n) is 27.4. The van der Waals surface area contributed by atoms with Gasteiger partial charge < -0.3 is 45.1 Å². The van der Waals surface area contributed by atoms with E-state index in [9.17, 15) is 35.1 Å². The molecule has 0 aromatic carbocycles. The van der Waals surface area contributed by atoms with E-state index in [1.807, 2.05) is 30.4 Å². The summed E-state index contributed by atoms with van der Waals surface area (Å²) in [6, 6.07) is -1.03. The molecule has 1 rings (SSSR count). The van der Waals surface area contributed by atoms with E-state index < -0.39 is 67.4 Å². The molecular weight excluding hydrogens is 847 g/mol. The minimum atomic E-state index is -1.61. The highest BCUT2D eigenvalue weighted by molar-refractivity contribution is 5.80. The average Bonchev–Trinajstić information content (AvgIpc) is 3.32. The van der Waals surface area contributed by atoms with E-state index in [-0.39, 0.29) is 19.4 Å². The van der Waals surface area contributed by atoms with Crippen molar-refractivity contribution < 1.29 is 49.3 Å². The number of carbonyl (C=O) groups is 2. The predicted octanol–water partition coefficient (Wildman–Crippen LogP) is 11.7. The Kier molecular flexibility index (Phi) is 41.9. The molecule has 1 fully saturated rings. The van der Waals surface area contributed by atoms with Crippen LogP contribution in [0.5, 0.6) is 0 Å². The van der Waals surface area contributed by atoms with Gasteiger partial charge in [0.1, 0.15) is 24.4 Å². The number of allylic oxidation sites excluding steroid dienone is 7. The zero-order valence-corrected chi connectivity index (χ0v) is 42.8. The van der Waals surface area contributed by atoms with Gasteiger partial charge in [-0.2, -0.15) is 0 Å². The number of nitrogens with one attached hydrogen (secondary N) is 1. The van der Waals surface area contributed by atoms with Gasteiger partial charge in [0, 0.05) is 6.42 Å². The highest BCUT2D eigenvalue weighted by atomic mass is 16.7. The first-order chi connectivity index (χ1) is 32.7. The van der Waals surface area contributed by atoms with Crippen molar-refractivity contribution >= 4 is 11.9 Å². The van der Waals surface area contributed by atoms with E-state index in [0.29, 0.717) is 12.8 Å². The number of hydrogen-bond donors (Lipinski definition) is 6. The number of ether oxygens (including phenoxy) is 3. The molecule has 0 radical (unpaired) electrons. The van der Waals surface area contributed by atoms with Crippen LogP contribution in [-0.4, -0.2) is 99.6 Å². The fourth-order valence-electron chi connectivity index (χ4n) is 8.42. The van der Waals surface area contributed by atoms with Crippen molar-refractivity contribution in [2.75, 3.05) is 13.2 Å². The summed E-state index contributed by atoms with van der Waals surface area (Å²) in [4.78, 5) is 26.4. The van der Waals surface area contributed by atoms with Gasteiger partial charge in [-0.25, -0.2) is 0 Å². The summed E-state index contributed by atoms with van der Waals surface area (Å²) >= 11 is 0. The van der Waals surface area contributed by atoms with Gasteiger partial charge in [-0.05, 0) is 44.9 Å². The standard InChI is InChI=1S/C56H101NO10/c1-4-7-10-13-16-19-22-25-26-29-32-35-38-41-44-51(61)67-54-53(63)52(62)50(45-58)66-56(54)65-46-47(48(59)42-39-36-33-30-27-23-20-17-14-11-8-5-2)57-55(64)49(60)43-40-37-34-31-28-24-21-18-15-12-9-6-3/h9,12,15,18,21,24,39,42,47-50,52-54,56,58-60,62-63H,4-8,10-11,13-14,16-17,19-20,22-23,25-38,40-41,43-46H2,1-3H3,(H,57,64)/b12-9+,18-15+,24-21-,42-39+. The first kappa shape index (κ1) is 62.6. The number of hydrogen-bond acceptors (Lipinski definition) is 10. The Bertz CT molecular complexity index is 1270. The lowest BCUT2D eigenvalue weighted by molar-refractivity contribution is -0.305. The smallest absolute Gasteiger partial charge is 0.306 e. The summed E-state index contributed by atoms with van der Waals surface area (Å²) in [5, 5.41) is 56.6. The van der Waals surface area contributed by atoms with Crippen LogP contribution in [0.4, 0.5) is 0 Å². The summed E-state index contributed by atoms with van der Waals surface area (Å²) in [5.41, 5.74) is 0. The van der Waals surface area contributed by atoms with Crippen molar-refractivity contribution in [1.29, 1.82) is 0 Å². The molecule has 6 N–H and O–H groups in total. The van der Waals surface area contributed by atoms with Crippen molar-refractivity contribution in [3.63, 3.8) is 0 Å². The van der Waals surface area contributed by atoms with E-state index in [1.165, 1.54) is 116 Å². The van der Waals surface area contributed by atoms with Crippen LogP contribution in [0.15, 0.2) is 48.6 Å². The third-order valence-corrected chi connectivity index (χ3v) is 12.8. The number of esters is 1. The molecule has 0 saturated carbocycles. The van der Waals surface area contributed by atoms with Crippen LogP contribution in [0.25, 0.3) is 0 Å². The Morgan fingerprint density at radius 2 is 1.07 bits per heavy atom. The van der Waals surface area contributed by atoms with E-state index in [4.69, 9.17) is 14.2 Å². The Labute approximate surface area is 408 Å². The topological polar surface area (TPSA) is 175 Å². The highest BCUT2D eigenvalue weighted by Gasteiger charge is 2.47. The lowest BCUT2D eigenvalue weighted by Crippen LogP contribution is -2.61. The summed E-state index contributed by atoms with van der Waals surface area (Å²) in [6.45, 7) is 5.62. The fourth-order valence-corrected chi connectivity index (χ4v) is 8.42. The molecule has 67 heavy (non-hydrogen) atoms. The lowest BCUT2D eigenvalue weighted by Gasteiger charge is -2.41. The monoisotopic (exact) mass is 948 g/mol. The van der Waals surface area contributed by atoms with E-state index in [0.717, 1.165) is 70.6 Å². The third-order valence-electron chi connectivity index (χ3n) is 12.8. The van der Waals surface area contributed by atoms with Crippen LogP contribution < -0.4 is 5.32 Å². The van der Waals surface area contributed by atoms with Gasteiger partial charge in [0.2, 0.25) is 5.91 Å². The second-order valence-electron chi connectivity index (χ2n) is 19.0. The Morgan fingerprint density at radius 3 is 1.60 bits per heavy atom. The maximum absolute atomic E-state index is 13.3. The van der Waals surface area contributed by atoms with Crippen molar-refractivity contribution in [3.8, 4) is 0 Å². The molecule has 1 saturated heterocycles. The molecule has 8 unspecified atom stereocenters. The second kappa shape index (κ2) is 44.8. The molecule has 1 heterocycles. The van der Waals surface area contributed by atoms with Crippen LogP contribution >= 0.6 is 0 Å². The largest absolute Gasteiger partial charge is 0.454 e. The predicted molar refractivity (Wildman–Crippen MR) is 273 cm³/mol. The van der Waals surface area contributed by atoms with Gasteiger partial charge >= 0.3 is 5.97 Å². The van der Waals surface area contributed by atoms with Crippen LogP contribution in [0.1, 0.15) is 233 Å². The average molecular weight is 948 g/mol. The normalized spacial score (nSPS) is 20.4. The van der Waals surface area contributed by atoms with Crippen molar-refractivity contribution in [3.05, 3.63) is 48.6 Å².